The van der Waals surface area contributed by atoms with E-state index in [4.69, 9.17) is 0 Å². The molecule has 0 saturated carbocycles. The van der Waals surface area contributed by atoms with Crippen LogP contribution in [0, 0.1) is 13.8 Å². The van der Waals surface area contributed by atoms with Crippen LogP contribution < -0.4 is 9.81 Å². The Kier molecular flexibility index (Phi) is 11.5. The maximum Gasteiger partial charge on any atom is -0.147 e. The standard InChI is InChI=1S/C33H33.2C7H7.C5H5.2ClH.H2Si.Zr/c1-32(2,3)30-20-26-24(18-28(30)22-13-9-7-10-14-22)17-25-19-29(23-15-11-8-12-16-23)31(21-27(25)26)33(4,5)6;2*1-7-5-3-2-4-6-7;1-2-4-5-3-1;;;;/h7-16,18,20-21H,17H2,1-6H3;2*2-3,5-6H,1H3;1-3H,4H2;2*1H;1H2;. The quantitative estimate of drug-likeness (QED) is 0.146. The van der Waals surface area contributed by atoms with Crippen LogP contribution in [0.25, 0.3) is 33.4 Å². The van der Waals surface area contributed by atoms with Crippen molar-refractivity contribution < 1.29 is 17.4 Å². The number of allylic oxidation sites excluding steroid dienone is 4. The van der Waals surface area contributed by atoms with Crippen LogP contribution in [0.3, 0.4) is 0 Å². The number of hydrogen-bond acceptors (Lipinski definition) is 0. The van der Waals surface area contributed by atoms with Crippen molar-refractivity contribution in [2.45, 2.75) is 79.1 Å². The molecule has 6 aromatic carbocycles. The van der Waals surface area contributed by atoms with E-state index >= 15 is 0 Å². The number of aryl methyl sites for hydroxylation is 2. The van der Waals surface area contributed by atoms with Gasteiger partial charge < -0.3 is 0 Å². The Hall–Kier alpha value is -3.52. The average molecular weight is 871 g/mol. The van der Waals surface area contributed by atoms with Crippen LogP contribution in [0.2, 0.25) is 0 Å². The molecule has 0 aliphatic heterocycles. The molecule has 0 aromatic heterocycles. The van der Waals surface area contributed by atoms with Gasteiger partial charge in [0, 0.05) is 0 Å². The van der Waals surface area contributed by atoms with Crippen LogP contribution in [0.5, 0.6) is 0 Å². The first-order valence-electron chi connectivity index (χ1n) is 19.7. The summed E-state index contributed by atoms with van der Waals surface area (Å²) in [4.78, 5) is 0. The molecule has 2 aliphatic carbocycles. The minimum Gasteiger partial charge on any atom is -0.147 e. The molecule has 0 fully saturated rings. The summed E-state index contributed by atoms with van der Waals surface area (Å²) < 4.78 is 6.35. The van der Waals surface area contributed by atoms with E-state index in [9.17, 15) is 0 Å². The van der Waals surface area contributed by atoms with Gasteiger partial charge in [-0.1, -0.05) is 0 Å². The van der Waals surface area contributed by atoms with Gasteiger partial charge in [-0.2, -0.15) is 0 Å². The number of hydrogen-bond donors (Lipinski definition) is 0. The zero-order valence-corrected chi connectivity index (χ0v) is 39.8. The van der Waals surface area contributed by atoms with Gasteiger partial charge in [0.2, 0.25) is 0 Å². The van der Waals surface area contributed by atoms with E-state index < -0.39 is 17.4 Å². The summed E-state index contributed by atoms with van der Waals surface area (Å²) >= 11 is -4.88. The monoisotopic (exact) mass is 868 g/mol. The molecular weight excluding hydrogens is 815 g/mol. The van der Waals surface area contributed by atoms with E-state index in [0.29, 0.717) is 0 Å². The molecule has 4 heteroatoms. The molecule has 2 aliphatic rings. The molecule has 0 heterocycles. The van der Waals surface area contributed by atoms with Crippen LogP contribution in [-0.4, -0.2) is 6.88 Å². The van der Waals surface area contributed by atoms with Crippen molar-refractivity contribution in [3.63, 3.8) is 0 Å². The molecule has 0 bridgehead atoms. The van der Waals surface area contributed by atoms with E-state index in [-0.39, 0.29) is 35.6 Å². The van der Waals surface area contributed by atoms with E-state index in [2.05, 4.69) is 208 Å². The van der Waals surface area contributed by atoms with Crippen LogP contribution in [0.1, 0.15) is 81.3 Å². The summed E-state index contributed by atoms with van der Waals surface area (Å²) in [5.41, 5.74) is 16.7. The van der Waals surface area contributed by atoms with Crippen molar-refractivity contribution in [2.75, 3.05) is 0 Å². The number of halogens is 2. The first-order chi connectivity index (χ1) is 25.7. The Morgan fingerprint density at radius 1 is 0.554 bits per heavy atom. The fourth-order valence-electron chi connectivity index (χ4n) is 9.78. The minimum absolute atomic E-state index is 0. The van der Waals surface area contributed by atoms with Gasteiger partial charge in [-0.05, 0) is 0 Å². The second-order valence-corrected chi connectivity index (χ2v) is 39.4. The summed E-state index contributed by atoms with van der Waals surface area (Å²) in [5, 5.41) is 0. The van der Waals surface area contributed by atoms with E-state index in [0.717, 1.165) is 12.8 Å². The van der Waals surface area contributed by atoms with E-state index in [1.165, 1.54) is 67.7 Å². The van der Waals surface area contributed by atoms with Crippen molar-refractivity contribution in [1.82, 2.24) is 0 Å². The van der Waals surface area contributed by atoms with Gasteiger partial charge in [-0.15, -0.1) is 24.8 Å². The van der Waals surface area contributed by atoms with Gasteiger partial charge in [-0.25, -0.2) is 0 Å². The van der Waals surface area contributed by atoms with E-state index in [1.54, 1.807) is 12.1 Å². The number of rotatable bonds is 6. The normalized spacial score (nSPS) is 13.7. The first-order valence-corrected chi connectivity index (χ1v) is 30.6. The molecule has 0 N–H and O–H groups in total. The first kappa shape index (κ1) is 42.1. The summed E-state index contributed by atoms with van der Waals surface area (Å²) in [7, 11) is 0. The van der Waals surface area contributed by atoms with E-state index in [1.807, 2.05) is 0 Å². The smallest absolute Gasteiger partial charge is 0.147 e. The zero-order valence-electron chi connectivity index (χ0n) is 34.3. The maximum atomic E-state index is 2.62. The molecule has 0 amide bonds. The van der Waals surface area contributed by atoms with Crippen molar-refractivity contribution in [3.8, 4) is 33.4 Å². The Balaban J connectivity index is 0.00000266. The van der Waals surface area contributed by atoms with Crippen LogP contribution >= 0.6 is 24.8 Å². The molecule has 0 radical (unpaired) electrons. The van der Waals surface area contributed by atoms with Crippen molar-refractivity contribution in [2.24, 2.45) is 0 Å². The predicted octanol–water partition coefficient (Wildman–Crippen LogP) is 12.0. The molecule has 8 rings (SSSR count). The second kappa shape index (κ2) is 15.3. The summed E-state index contributed by atoms with van der Waals surface area (Å²) in [6.07, 6.45) is 9.19. The molecule has 0 unspecified atom stereocenters. The van der Waals surface area contributed by atoms with Crippen LogP contribution in [0.15, 0.2) is 149 Å². The number of benzene rings is 6. The molecule has 286 valence electrons. The molecule has 6 aromatic rings. The van der Waals surface area contributed by atoms with Crippen molar-refractivity contribution in [3.05, 3.63) is 182 Å². The third-order valence-electron chi connectivity index (χ3n) is 12.4. The second-order valence-electron chi connectivity index (χ2n) is 18.2. The zero-order chi connectivity index (χ0) is 38.1. The van der Waals surface area contributed by atoms with Crippen LogP contribution in [0.4, 0.5) is 0 Å². The molecule has 0 saturated heterocycles. The average Bonchev–Trinajstić information content (AvgIpc) is 3.83. The topological polar surface area (TPSA) is 0 Å². The Bertz CT molecular complexity index is 2530. The fourth-order valence-corrected chi connectivity index (χ4v) is 32.8. The number of fused-ring (bicyclic) bond motifs is 3. The molecule has 0 atom stereocenters. The molecule has 0 spiro atoms. The molecule has 0 nitrogen and oxygen atoms in total. The Labute approximate surface area is 350 Å². The van der Waals surface area contributed by atoms with Gasteiger partial charge in [0.05, 0.1) is 0 Å². The van der Waals surface area contributed by atoms with Gasteiger partial charge in [0.15, 0.2) is 0 Å². The summed E-state index contributed by atoms with van der Waals surface area (Å²) in [6, 6.07) is 49.6. The van der Waals surface area contributed by atoms with Crippen molar-refractivity contribution >= 4 is 41.5 Å². The third kappa shape index (κ3) is 6.73. The van der Waals surface area contributed by atoms with Gasteiger partial charge >= 0.3 is 329 Å². The molecule has 56 heavy (non-hydrogen) atoms. The Morgan fingerprint density at radius 2 is 1.09 bits per heavy atom. The van der Waals surface area contributed by atoms with Crippen molar-refractivity contribution in [1.29, 1.82) is 0 Å². The summed E-state index contributed by atoms with van der Waals surface area (Å²) in [6.45, 7) is 21.4. The van der Waals surface area contributed by atoms with Crippen LogP contribution in [-0.2, 0) is 34.6 Å². The van der Waals surface area contributed by atoms with Gasteiger partial charge in [-0.3, -0.25) is 0 Å². The third-order valence-corrected chi connectivity index (χ3v) is 38.3. The predicted molar refractivity (Wildman–Crippen MR) is 249 cm³/mol. The van der Waals surface area contributed by atoms with Gasteiger partial charge in [0.1, 0.15) is 0 Å². The molecular formula is C52H56Cl2SiZr. The minimum atomic E-state index is -4.88. The largest absolute Gasteiger partial charge is 0.147 e. The fraction of sp³-hybridized carbons (Fsp3) is 0.231. The Morgan fingerprint density at radius 3 is 1.59 bits per heavy atom. The summed E-state index contributed by atoms with van der Waals surface area (Å²) in [5.74, 6) is 0. The van der Waals surface area contributed by atoms with Gasteiger partial charge in [0.25, 0.3) is 0 Å². The maximum absolute atomic E-state index is 4.88. The SMILES string of the molecule is Cc1ccc[c]([Zr](=[SiH2])([C]2=CC=CC2)([c]2cccc(C)c2)[c]2c3c(cc(C(C)(C)C)c2-c2ccccc2)-c2cc(C(C)(C)C)c(-c4ccccc4)cc2C3)c1.Cl.Cl.